The number of nitrogens with zero attached hydrogens (tertiary/aromatic N) is 1. The van der Waals surface area contributed by atoms with Gasteiger partial charge in [0, 0.05) is 23.0 Å². The van der Waals surface area contributed by atoms with Crippen molar-refractivity contribution >= 4 is 17.6 Å². The number of hydrogen-bond donors (Lipinski definition) is 1. The minimum atomic E-state index is -0.898. The van der Waals surface area contributed by atoms with Gasteiger partial charge in [-0.05, 0) is 13.0 Å². The van der Waals surface area contributed by atoms with Crippen molar-refractivity contribution in [1.82, 2.24) is 4.98 Å². The van der Waals surface area contributed by atoms with Crippen LogP contribution in [-0.4, -0.2) is 16.1 Å². The molecular weight excluding hydrogens is 178 g/mol. The monoisotopic (exact) mass is 185 g/mol. The zero-order valence-corrected chi connectivity index (χ0v) is 7.25. The Hall–Kier alpha value is -1.09. The Balaban J connectivity index is 3.02. The van der Waals surface area contributed by atoms with Crippen molar-refractivity contribution in [3.05, 3.63) is 29.0 Å². The molecule has 0 amide bonds. The summed E-state index contributed by atoms with van der Waals surface area (Å²) in [7, 11) is 0. The van der Waals surface area contributed by atoms with E-state index in [1.54, 1.807) is 13.0 Å². The van der Waals surface area contributed by atoms with Crippen LogP contribution in [0.4, 0.5) is 0 Å². The molecule has 64 valence electrons. The summed E-state index contributed by atoms with van der Waals surface area (Å²) in [6.07, 6.45) is 3.00. The Labute approximate surface area is 75.0 Å². The number of halogens is 1. The van der Waals surface area contributed by atoms with E-state index in [1.165, 1.54) is 12.4 Å². The number of carboxylic acids is 1. The molecule has 3 nitrogen and oxygen atoms in total. The zero-order chi connectivity index (χ0) is 9.14. The number of aliphatic carboxylic acids is 1. The molecule has 0 aromatic carbocycles. The fourth-order valence-corrected chi connectivity index (χ4v) is 1.11. The molecule has 0 aliphatic rings. The lowest BCUT2D eigenvalue weighted by Crippen LogP contribution is -2.08. The highest BCUT2D eigenvalue weighted by Crippen LogP contribution is 2.22. The van der Waals surface area contributed by atoms with Crippen LogP contribution in [0.3, 0.4) is 0 Å². The Kier molecular flexibility index (Phi) is 2.65. The molecule has 1 aromatic rings. The zero-order valence-electron chi connectivity index (χ0n) is 6.49. The molecule has 0 saturated heterocycles. The highest BCUT2D eigenvalue weighted by atomic mass is 35.5. The maximum absolute atomic E-state index is 10.6. The van der Waals surface area contributed by atoms with Crippen LogP contribution < -0.4 is 0 Å². The Morgan fingerprint density at radius 3 is 2.92 bits per heavy atom. The second-order valence-corrected chi connectivity index (χ2v) is 2.86. The predicted molar refractivity (Wildman–Crippen MR) is 45.3 cm³/mol. The first-order chi connectivity index (χ1) is 5.63. The van der Waals surface area contributed by atoms with Crippen molar-refractivity contribution in [2.24, 2.45) is 0 Å². The summed E-state index contributed by atoms with van der Waals surface area (Å²) in [5, 5.41) is 9.12. The second-order valence-electron chi connectivity index (χ2n) is 2.46. The van der Waals surface area contributed by atoms with Crippen LogP contribution in [0, 0.1) is 0 Å². The third-order valence-corrected chi connectivity index (χ3v) is 1.98. The third-order valence-electron chi connectivity index (χ3n) is 1.63. The molecule has 1 atom stereocenters. The van der Waals surface area contributed by atoms with Crippen molar-refractivity contribution in [3.8, 4) is 0 Å². The number of carbonyl (C=O) groups is 1. The van der Waals surface area contributed by atoms with E-state index in [0.29, 0.717) is 10.6 Å². The number of carboxylic acid groups (broad SMARTS) is 1. The fraction of sp³-hybridized carbons (Fsp3) is 0.250. The summed E-state index contributed by atoms with van der Waals surface area (Å²) in [5.41, 5.74) is 0.548. The average molecular weight is 186 g/mol. The lowest BCUT2D eigenvalue weighted by atomic mass is 10.0. The van der Waals surface area contributed by atoms with Crippen molar-refractivity contribution < 1.29 is 9.90 Å². The number of pyridine rings is 1. The maximum Gasteiger partial charge on any atom is 0.310 e. The van der Waals surface area contributed by atoms with E-state index in [4.69, 9.17) is 16.7 Å². The normalized spacial score (nSPS) is 12.5. The smallest absolute Gasteiger partial charge is 0.310 e. The van der Waals surface area contributed by atoms with Gasteiger partial charge in [-0.2, -0.15) is 0 Å². The summed E-state index contributed by atoms with van der Waals surface area (Å²) in [6.45, 7) is 1.57. The maximum atomic E-state index is 10.6. The first kappa shape index (κ1) is 9.00. The first-order valence-electron chi connectivity index (χ1n) is 3.45. The van der Waals surface area contributed by atoms with Gasteiger partial charge in [-0.1, -0.05) is 11.6 Å². The molecule has 0 spiro atoms. The molecule has 1 heterocycles. The summed E-state index contributed by atoms with van der Waals surface area (Å²) in [4.78, 5) is 14.4. The van der Waals surface area contributed by atoms with Crippen molar-refractivity contribution in [1.29, 1.82) is 0 Å². The molecule has 1 unspecified atom stereocenters. The van der Waals surface area contributed by atoms with E-state index in [-0.39, 0.29) is 0 Å². The molecule has 0 aliphatic carbocycles. The van der Waals surface area contributed by atoms with Gasteiger partial charge in [0.2, 0.25) is 0 Å². The van der Waals surface area contributed by atoms with Crippen LogP contribution in [0.1, 0.15) is 18.4 Å². The molecule has 0 radical (unpaired) electrons. The van der Waals surface area contributed by atoms with Crippen molar-refractivity contribution in [2.75, 3.05) is 0 Å². The Morgan fingerprint density at radius 1 is 1.75 bits per heavy atom. The van der Waals surface area contributed by atoms with Crippen LogP contribution >= 0.6 is 11.6 Å². The quantitative estimate of drug-likeness (QED) is 0.766. The van der Waals surface area contributed by atoms with Gasteiger partial charge in [-0.3, -0.25) is 9.78 Å². The summed E-state index contributed by atoms with van der Waals surface area (Å²) < 4.78 is 0. The molecule has 4 heteroatoms. The van der Waals surface area contributed by atoms with Crippen molar-refractivity contribution in [2.45, 2.75) is 12.8 Å². The van der Waals surface area contributed by atoms with Gasteiger partial charge < -0.3 is 5.11 Å². The number of aromatic nitrogens is 1. The van der Waals surface area contributed by atoms with E-state index >= 15 is 0 Å². The standard InChI is InChI=1S/C8H8ClNO2/c1-5(8(11)12)6-4-10-3-2-7(6)9/h2-5H,1H3,(H,11,12). The highest BCUT2D eigenvalue weighted by molar-refractivity contribution is 6.31. The van der Waals surface area contributed by atoms with E-state index in [1.807, 2.05) is 0 Å². The fourth-order valence-electron chi connectivity index (χ4n) is 0.841. The average Bonchev–Trinajstić information content (AvgIpc) is 2.04. The second kappa shape index (κ2) is 3.54. The lowest BCUT2D eigenvalue weighted by molar-refractivity contribution is -0.138. The first-order valence-corrected chi connectivity index (χ1v) is 3.83. The molecule has 1 N–H and O–H groups in total. The summed E-state index contributed by atoms with van der Waals surface area (Å²) in [5.74, 6) is -1.50. The Morgan fingerprint density at radius 2 is 2.42 bits per heavy atom. The van der Waals surface area contributed by atoms with Crippen LogP contribution in [-0.2, 0) is 4.79 Å². The van der Waals surface area contributed by atoms with Crippen LogP contribution in [0.25, 0.3) is 0 Å². The minimum absolute atomic E-state index is 0.444. The lowest BCUT2D eigenvalue weighted by Gasteiger charge is -2.06. The van der Waals surface area contributed by atoms with E-state index in [2.05, 4.69) is 4.98 Å². The van der Waals surface area contributed by atoms with Crippen LogP contribution in [0.5, 0.6) is 0 Å². The molecule has 1 aromatic heterocycles. The number of rotatable bonds is 2. The molecular formula is C8H8ClNO2. The van der Waals surface area contributed by atoms with E-state index in [9.17, 15) is 4.79 Å². The van der Waals surface area contributed by atoms with Crippen LogP contribution in [0.2, 0.25) is 5.02 Å². The molecule has 0 bridgehead atoms. The molecule has 0 aliphatic heterocycles. The van der Waals surface area contributed by atoms with E-state index < -0.39 is 11.9 Å². The van der Waals surface area contributed by atoms with Gasteiger partial charge in [-0.15, -0.1) is 0 Å². The van der Waals surface area contributed by atoms with Crippen molar-refractivity contribution in [3.63, 3.8) is 0 Å². The van der Waals surface area contributed by atoms with Gasteiger partial charge in [0.1, 0.15) is 0 Å². The van der Waals surface area contributed by atoms with Crippen LogP contribution in [0.15, 0.2) is 18.5 Å². The predicted octanol–water partition coefficient (Wildman–Crippen LogP) is 1.92. The molecule has 1 rings (SSSR count). The number of hydrogen-bond acceptors (Lipinski definition) is 2. The van der Waals surface area contributed by atoms with Gasteiger partial charge in [0.25, 0.3) is 0 Å². The Bertz CT molecular complexity index is 301. The molecule has 0 saturated carbocycles. The largest absolute Gasteiger partial charge is 0.481 e. The molecule has 0 fully saturated rings. The molecule has 12 heavy (non-hydrogen) atoms. The highest BCUT2D eigenvalue weighted by Gasteiger charge is 2.16. The van der Waals surface area contributed by atoms with E-state index in [0.717, 1.165) is 0 Å². The third kappa shape index (κ3) is 1.74. The van der Waals surface area contributed by atoms with Gasteiger partial charge in [0.05, 0.1) is 5.92 Å². The minimum Gasteiger partial charge on any atom is -0.481 e. The van der Waals surface area contributed by atoms with Gasteiger partial charge >= 0.3 is 5.97 Å². The van der Waals surface area contributed by atoms with Gasteiger partial charge in [0.15, 0.2) is 0 Å². The summed E-state index contributed by atoms with van der Waals surface area (Å²) in [6, 6.07) is 1.58. The SMILES string of the molecule is CC(C(=O)O)c1cnccc1Cl. The van der Waals surface area contributed by atoms with Gasteiger partial charge in [-0.25, -0.2) is 0 Å². The topological polar surface area (TPSA) is 50.2 Å². The summed E-state index contributed by atoms with van der Waals surface area (Å²) >= 11 is 5.76.